The summed E-state index contributed by atoms with van der Waals surface area (Å²) in [5, 5.41) is 11.4. The normalized spacial score (nSPS) is 11.6. The number of nitrogens with zero attached hydrogens (tertiary/aromatic N) is 2. The number of benzene rings is 2. The molecule has 1 heterocycles. The summed E-state index contributed by atoms with van der Waals surface area (Å²) in [5.74, 6) is 0.247. The van der Waals surface area contributed by atoms with E-state index < -0.39 is 0 Å². The zero-order chi connectivity index (χ0) is 15.7. The van der Waals surface area contributed by atoms with Gasteiger partial charge in [0.2, 0.25) is 5.88 Å². The topological polar surface area (TPSA) is 37.5 Å². The second-order valence-corrected chi connectivity index (χ2v) is 5.51. The molecule has 0 unspecified atom stereocenters. The monoisotopic (exact) mass is 292 g/mol. The average Bonchev–Trinajstić information content (AvgIpc) is 2.78. The van der Waals surface area contributed by atoms with Crippen molar-refractivity contribution in [2.24, 2.45) is 12.0 Å². The number of aryl methyl sites for hydroxylation is 3. The van der Waals surface area contributed by atoms with Gasteiger partial charge in [-0.05, 0) is 30.5 Å². The molecule has 2 aromatic carbocycles. The maximum absolute atomic E-state index is 10.4. The van der Waals surface area contributed by atoms with Crippen LogP contribution in [0.25, 0.3) is 10.9 Å². The van der Waals surface area contributed by atoms with E-state index in [0.29, 0.717) is 0 Å². The molecule has 22 heavy (non-hydrogen) atoms. The molecule has 3 nitrogen and oxygen atoms in total. The first kappa shape index (κ1) is 14.4. The van der Waals surface area contributed by atoms with Crippen molar-refractivity contribution < 1.29 is 5.11 Å². The van der Waals surface area contributed by atoms with Crippen LogP contribution in [-0.2, 0) is 13.5 Å². The van der Waals surface area contributed by atoms with Crippen molar-refractivity contribution in [2.45, 2.75) is 20.3 Å². The van der Waals surface area contributed by atoms with Gasteiger partial charge in [-0.25, -0.2) is 0 Å². The molecule has 112 valence electrons. The SMILES string of the molecule is CCc1cccc(C)c1N=Cc1c(O)n(C)c2ccccc12. The number of hydrogen-bond acceptors (Lipinski definition) is 2. The third-order valence-corrected chi connectivity index (χ3v) is 4.14. The smallest absolute Gasteiger partial charge is 0.200 e. The summed E-state index contributed by atoms with van der Waals surface area (Å²) < 4.78 is 1.79. The Balaban J connectivity index is 2.13. The van der Waals surface area contributed by atoms with E-state index in [4.69, 9.17) is 0 Å². The Morgan fingerprint density at radius 1 is 1.14 bits per heavy atom. The van der Waals surface area contributed by atoms with Crippen LogP contribution in [0.15, 0.2) is 47.5 Å². The van der Waals surface area contributed by atoms with Gasteiger partial charge in [0.1, 0.15) is 0 Å². The van der Waals surface area contributed by atoms with Gasteiger partial charge in [-0.1, -0.05) is 43.3 Å². The number of aliphatic imine (C=N–C) groups is 1. The zero-order valence-electron chi connectivity index (χ0n) is 13.2. The van der Waals surface area contributed by atoms with Crippen LogP contribution in [-0.4, -0.2) is 15.9 Å². The van der Waals surface area contributed by atoms with Crippen molar-refractivity contribution in [3.63, 3.8) is 0 Å². The number of hydrogen-bond donors (Lipinski definition) is 1. The molecule has 3 heteroatoms. The number of aromatic hydroxyl groups is 1. The van der Waals surface area contributed by atoms with Gasteiger partial charge in [0.15, 0.2) is 0 Å². The molecule has 1 aromatic heterocycles. The number of aromatic nitrogens is 1. The predicted octanol–water partition coefficient (Wildman–Crippen LogP) is 4.51. The van der Waals surface area contributed by atoms with Gasteiger partial charge in [-0.15, -0.1) is 0 Å². The van der Waals surface area contributed by atoms with Crippen LogP contribution in [0.3, 0.4) is 0 Å². The maximum atomic E-state index is 10.4. The molecule has 0 aliphatic carbocycles. The summed E-state index contributed by atoms with van der Waals surface area (Å²) in [4.78, 5) is 4.67. The minimum absolute atomic E-state index is 0.247. The highest BCUT2D eigenvalue weighted by Gasteiger charge is 2.12. The van der Waals surface area contributed by atoms with E-state index >= 15 is 0 Å². The summed E-state index contributed by atoms with van der Waals surface area (Å²) in [6, 6.07) is 14.2. The predicted molar refractivity (Wildman–Crippen MR) is 92.4 cm³/mol. The average molecular weight is 292 g/mol. The molecule has 0 fully saturated rings. The van der Waals surface area contributed by atoms with E-state index in [1.54, 1.807) is 10.8 Å². The van der Waals surface area contributed by atoms with E-state index in [9.17, 15) is 5.11 Å². The third-order valence-electron chi connectivity index (χ3n) is 4.14. The maximum Gasteiger partial charge on any atom is 0.200 e. The van der Waals surface area contributed by atoms with Crippen molar-refractivity contribution >= 4 is 22.8 Å². The van der Waals surface area contributed by atoms with Crippen LogP contribution >= 0.6 is 0 Å². The van der Waals surface area contributed by atoms with Gasteiger partial charge in [-0.3, -0.25) is 4.99 Å². The molecule has 1 N–H and O–H groups in total. The Kier molecular flexibility index (Phi) is 3.72. The van der Waals surface area contributed by atoms with E-state index in [2.05, 4.69) is 37.0 Å². The van der Waals surface area contributed by atoms with Crippen LogP contribution in [0.2, 0.25) is 0 Å². The lowest BCUT2D eigenvalue weighted by molar-refractivity contribution is 0.434. The van der Waals surface area contributed by atoms with Crippen molar-refractivity contribution in [1.29, 1.82) is 0 Å². The largest absolute Gasteiger partial charge is 0.494 e. The first-order valence-corrected chi connectivity index (χ1v) is 7.52. The summed E-state index contributed by atoms with van der Waals surface area (Å²) >= 11 is 0. The minimum atomic E-state index is 0.247. The van der Waals surface area contributed by atoms with Crippen LogP contribution in [0.4, 0.5) is 5.69 Å². The Morgan fingerprint density at radius 3 is 2.68 bits per heavy atom. The molecular formula is C19H20N2O. The first-order chi connectivity index (χ1) is 10.6. The van der Waals surface area contributed by atoms with E-state index in [-0.39, 0.29) is 5.88 Å². The van der Waals surface area contributed by atoms with E-state index in [0.717, 1.165) is 34.1 Å². The Bertz CT molecular complexity index is 859. The van der Waals surface area contributed by atoms with Gasteiger partial charge in [0, 0.05) is 18.6 Å². The van der Waals surface area contributed by atoms with Crippen LogP contribution in [0.5, 0.6) is 5.88 Å². The standard InChI is InChI=1S/C19H20N2O/c1-4-14-9-7-8-13(2)18(14)20-12-16-15-10-5-6-11-17(15)21(3)19(16)22/h5-12,22H,4H2,1-3H3. The molecule has 0 saturated carbocycles. The number of rotatable bonds is 3. The van der Waals surface area contributed by atoms with Crippen molar-refractivity contribution in [1.82, 2.24) is 4.57 Å². The van der Waals surface area contributed by atoms with Crippen molar-refractivity contribution in [2.75, 3.05) is 0 Å². The molecule has 0 saturated heterocycles. The second-order valence-electron chi connectivity index (χ2n) is 5.51. The van der Waals surface area contributed by atoms with Gasteiger partial charge in [0.05, 0.1) is 16.8 Å². The summed E-state index contributed by atoms with van der Waals surface area (Å²) in [6.07, 6.45) is 2.72. The summed E-state index contributed by atoms with van der Waals surface area (Å²) in [7, 11) is 1.86. The van der Waals surface area contributed by atoms with Gasteiger partial charge >= 0.3 is 0 Å². The molecular weight excluding hydrogens is 272 g/mol. The lowest BCUT2D eigenvalue weighted by Crippen LogP contribution is -1.88. The molecule has 0 amide bonds. The fourth-order valence-corrected chi connectivity index (χ4v) is 2.86. The highest BCUT2D eigenvalue weighted by atomic mass is 16.3. The lowest BCUT2D eigenvalue weighted by atomic mass is 10.1. The Hall–Kier alpha value is -2.55. The first-order valence-electron chi connectivity index (χ1n) is 7.52. The van der Waals surface area contributed by atoms with Gasteiger partial charge in [0.25, 0.3) is 0 Å². The molecule has 0 atom stereocenters. The van der Waals surface area contributed by atoms with E-state index in [1.165, 1.54) is 5.56 Å². The second kappa shape index (κ2) is 5.68. The number of para-hydroxylation sites is 2. The molecule has 0 spiro atoms. The molecule has 0 radical (unpaired) electrons. The van der Waals surface area contributed by atoms with Gasteiger partial charge < -0.3 is 9.67 Å². The highest BCUT2D eigenvalue weighted by Crippen LogP contribution is 2.30. The van der Waals surface area contributed by atoms with Crippen LogP contribution in [0.1, 0.15) is 23.6 Å². The number of fused-ring (bicyclic) bond motifs is 1. The summed E-state index contributed by atoms with van der Waals surface area (Å²) in [5.41, 5.74) is 5.13. The molecule has 0 bridgehead atoms. The Labute approximate surface area is 130 Å². The fraction of sp³-hybridized carbons (Fsp3) is 0.211. The molecule has 3 aromatic rings. The van der Waals surface area contributed by atoms with Crippen LogP contribution < -0.4 is 0 Å². The van der Waals surface area contributed by atoms with Crippen molar-refractivity contribution in [3.8, 4) is 5.88 Å². The third kappa shape index (κ3) is 2.29. The lowest BCUT2D eigenvalue weighted by Gasteiger charge is -2.06. The molecule has 3 rings (SSSR count). The zero-order valence-corrected chi connectivity index (χ0v) is 13.2. The fourth-order valence-electron chi connectivity index (χ4n) is 2.86. The molecule has 0 aliphatic heterocycles. The quantitative estimate of drug-likeness (QED) is 0.709. The van der Waals surface area contributed by atoms with Crippen LogP contribution in [0, 0.1) is 6.92 Å². The Morgan fingerprint density at radius 2 is 1.91 bits per heavy atom. The van der Waals surface area contributed by atoms with Gasteiger partial charge in [-0.2, -0.15) is 0 Å². The molecule has 0 aliphatic rings. The highest BCUT2D eigenvalue weighted by molar-refractivity contribution is 6.03. The minimum Gasteiger partial charge on any atom is -0.494 e. The summed E-state index contributed by atoms with van der Waals surface area (Å²) in [6.45, 7) is 4.19. The van der Waals surface area contributed by atoms with E-state index in [1.807, 2.05) is 31.3 Å². The van der Waals surface area contributed by atoms with Crippen molar-refractivity contribution in [3.05, 3.63) is 59.2 Å².